The maximum absolute atomic E-state index is 5.24. The average Bonchev–Trinajstić information content (AvgIpc) is 1.89. The van der Waals surface area contributed by atoms with Gasteiger partial charge in [-0.1, -0.05) is 0 Å². The van der Waals surface area contributed by atoms with Crippen molar-refractivity contribution in [2.45, 2.75) is 12.8 Å². The lowest BCUT2D eigenvalue weighted by atomic mass is 10.3. The van der Waals surface area contributed by atoms with Crippen LogP contribution >= 0.6 is 0 Å². The summed E-state index contributed by atoms with van der Waals surface area (Å²) in [5.41, 5.74) is 5.24. The molecule has 0 aliphatic carbocycles. The molecule has 0 aromatic carbocycles. The molecule has 3 N–H and O–H groups in total. The van der Waals surface area contributed by atoms with Crippen molar-refractivity contribution in [3.63, 3.8) is 0 Å². The van der Waals surface area contributed by atoms with Crippen LogP contribution in [-0.2, 0) is 0 Å². The molecular formula is C7H14N2. The maximum atomic E-state index is 5.24. The van der Waals surface area contributed by atoms with Gasteiger partial charge in [0.05, 0.1) is 0 Å². The zero-order valence-corrected chi connectivity index (χ0v) is 5.69. The fourth-order valence-electron chi connectivity index (χ4n) is 0.543. The number of terminal acetylenes is 1. The van der Waals surface area contributed by atoms with Crippen LogP contribution in [0.3, 0.4) is 0 Å². The van der Waals surface area contributed by atoms with E-state index in [2.05, 4.69) is 11.2 Å². The summed E-state index contributed by atoms with van der Waals surface area (Å²) in [4.78, 5) is 0. The van der Waals surface area contributed by atoms with Gasteiger partial charge in [0.2, 0.25) is 0 Å². The molecule has 0 spiro atoms. The van der Waals surface area contributed by atoms with Crippen LogP contribution in [0.5, 0.6) is 0 Å². The van der Waals surface area contributed by atoms with Crippen LogP contribution in [0, 0.1) is 12.3 Å². The van der Waals surface area contributed by atoms with Gasteiger partial charge >= 0.3 is 0 Å². The molecular weight excluding hydrogens is 112 g/mol. The van der Waals surface area contributed by atoms with Crippen molar-refractivity contribution in [3.8, 4) is 12.3 Å². The Morgan fingerprint density at radius 1 is 1.44 bits per heavy atom. The maximum Gasteiger partial charge on any atom is 0.00981 e. The van der Waals surface area contributed by atoms with Crippen LogP contribution in [-0.4, -0.2) is 19.6 Å². The van der Waals surface area contributed by atoms with E-state index in [9.17, 15) is 0 Å². The fraction of sp³-hybridized carbons (Fsp3) is 0.714. The molecule has 2 nitrogen and oxygen atoms in total. The summed E-state index contributed by atoms with van der Waals surface area (Å²) in [5.74, 6) is 2.57. The van der Waals surface area contributed by atoms with Crippen LogP contribution in [0.15, 0.2) is 0 Å². The fourth-order valence-corrected chi connectivity index (χ4v) is 0.543. The lowest BCUT2D eigenvalue weighted by Crippen LogP contribution is -2.23. The van der Waals surface area contributed by atoms with E-state index in [1.54, 1.807) is 0 Å². The van der Waals surface area contributed by atoms with Gasteiger partial charge < -0.3 is 11.1 Å². The van der Waals surface area contributed by atoms with Gasteiger partial charge in [-0.15, -0.1) is 12.3 Å². The van der Waals surface area contributed by atoms with Crippen molar-refractivity contribution in [2.75, 3.05) is 19.6 Å². The Kier molecular flexibility index (Phi) is 7.05. The van der Waals surface area contributed by atoms with Crippen LogP contribution in [0.2, 0.25) is 0 Å². The van der Waals surface area contributed by atoms with Crippen molar-refractivity contribution in [3.05, 3.63) is 0 Å². The van der Waals surface area contributed by atoms with E-state index in [-0.39, 0.29) is 0 Å². The third kappa shape index (κ3) is 7.48. The van der Waals surface area contributed by atoms with Gasteiger partial charge in [0.1, 0.15) is 0 Å². The van der Waals surface area contributed by atoms with Crippen LogP contribution in [0.4, 0.5) is 0 Å². The second-order valence-electron chi connectivity index (χ2n) is 1.85. The monoisotopic (exact) mass is 126 g/mol. The highest BCUT2D eigenvalue weighted by Gasteiger charge is 1.82. The van der Waals surface area contributed by atoms with E-state index in [1.807, 2.05) is 0 Å². The Morgan fingerprint density at radius 2 is 2.22 bits per heavy atom. The molecule has 0 aromatic heterocycles. The largest absolute Gasteiger partial charge is 0.329 e. The highest BCUT2D eigenvalue weighted by molar-refractivity contribution is 4.83. The van der Waals surface area contributed by atoms with Gasteiger partial charge in [0, 0.05) is 19.5 Å². The highest BCUT2D eigenvalue weighted by atomic mass is 14.9. The summed E-state index contributed by atoms with van der Waals surface area (Å²) in [7, 11) is 0. The predicted octanol–water partition coefficient (Wildman–Crippen LogP) is -0.0519. The summed E-state index contributed by atoms with van der Waals surface area (Å²) in [6.07, 6.45) is 6.95. The Morgan fingerprint density at radius 3 is 2.78 bits per heavy atom. The molecule has 0 atom stereocenters. The molecule has 0 unspecified atom stereocenters. The molecule has 0 aromatic rings. The molecule has 0 aliphatic rings. The summed E-state index contributed by atoms with van der Waals surface area (Å²) in [6, 6.07) is 0. The minimum atomic E-state index is 0.704. The van der Waals surface area contributed by atoms with Gasteiger partial charge in [0.25, 0.3) is 0 Å². The average molecular weight is 126 g/mol. The number of hydrogen-bond acceptors (Lipinski definition) is 2. The van der Waals surface area contributed by atoms with Crippen molar-refractivity contribution in [1.82, 2.24) is 5.32 Å². The van der Waals surface area contributed by atoms with Gasteiger partial charge in [0.15, 0.2) is 0 Å². The summed E-state index contributed by atoms with van der Waals surface area (Å²) in [5, 5.41) is 3.15. The zero-order chi connectivity index (χ0) is 6.95. The third-order valence-corrected chi connectivity index (χ3v) is 0.996. The topological polar surface area (TPSA) is 38.0 Å². The van der Waals surface area contributed by atoms with E-state index in [4.69, 9.17) is 12.2 Å². The summed E-state index contributed by atoms with van der Waals surface area (Å²) < 4.78 is 0. The molecule has 2 heteroatoms. The van der Waals surface area contributed by atoms with Crippen molar-refractivity contribution < 1.29 is 0 Å². The molecule has 0 rings (SSSR count). The smallest absolute Gasteiger partial charge is 0.00981 e. The molecule has 0 radical (unpaired) electrons. The number of nitrogens with two attached hydrogens (primary N) is 1. The zero-order valence-electron chi connectivity index (χ0n) is 5.69. The molecule has 9 heavy (non-hydrogen) atoms. The van der Waals surface area contributed by atoms with E-state index in [0.717, 1.165) is 25.9 Å². The Balaban J connectivity index is 2.69. The molecule has 0 bridgehead atoms. The second-order valence-corrected chi connectivity index (χ2v) is 1.85. The standard InChI is InChI=1S/C7H14N2/c1-2-3-4-6-9-7-5-8/h1,9H,3-8H2. The van der Waals surface area contributed by atoms with Crippen LogP contribution < -0.4 is 11.1 Å². The van der Waals surface area contributed by atoms with Crippen molar-refractivity contribution in [1.29, 1.82) is 0 Å². The number of hydrogen-bond donors (Lipinski definition) is 2. The number of unbranched alkanes of at least 4 members (excludes halogenated alkanes) is 1. The first-order valence-corrected chi connectivity index (χ1v) is 3.26. The normalized spacial score (nSPS) is 8.89. The number of nitrogens with one attached hydrogen (secondary N) is 1. The molecule has 52 valence electrons. The highest BCUT2D eigenvalue weighted by Crippen LogP contribution is 1.80. The van der Waals surface area contributed by atoms with Gasteiger partial charge in [-0.05, 0) is 13.0 Å². The lowest BCUT2D eigenvalue weighted by Gasteiger charge is -1.97. The molecule has 0 amide bonds. The molecule has 0 aliphatic heterocycles. The molecule has 0 saturated carbocycles. The minimum Gasteiger partial charge on any atom is -0.329 e. The first kappa shape index (κ1) is 8.48. The van der Waals surface area contributed by atoms with Crippen molar-refractivity contribution >= 4 is 0 Å². The van der Waals surface area contributed by atoms with E-state index in [1.165, 1.54) is 0 Å². The van der Waals surface area contributed by atoms with Gasteiger partial charge in [-0.3, -0.25) is 0 Å². The predicted molar refractivity (Wildman–Crippen MR) is 40.0 cm³/mol. The van der Waals surface area contributed by atoms with E-state index >= 15 is 0 Å². The molecule has 0 fully saturated rings. The van der Waals surface area contributed by atoms with E-state index in [0.29, 0.717) is 6.54 Å². The Bertz CT molecular complexity index is 83.4. The SMILES string of the molecule is C#CCCCNCCN. The Hall–Kier alpha value is -0.520. The molecule has 0 saturated heterocycles. The summed E-state index contributed by atoms with van der Waals surface area (Å²) >= 11 is 0. The first-order chi connectivity index (χ1) is 4.41. The molecule has 0 heterocycles. The van der Waals surface area contributed by atoms with Crippen LogP contribution in [0.25, 0.3) is 0 Å². The summed E-state index contributed by atoms with van der Waals surface area (Å²) in [6.45, 7) is 2.59. The Labute approximate surface area is 56.8 Å². The lowest BCUT2D eigenvalue weighted by molar-refractivity contribution is 0.662. The van der Waals surface area contributed by atoms with Gasteiger partial charge in [-0.2, -0.15) is 0 Å². The van der Waals surface area contributed by atoms with Gasteiger partial charge in [-0.25, -0.2) is 0 Å². The van der Waals surface area contributed by atoms with E-state index < -0.39 is 0 Å². The first-order valence-electron chi connectivity index (χ1n) is 3.26. The third-order valence-electron chi connectivity index (χ3n) is 0.996. The second kappa shape index (κ2) is 7.48. The quantitative estimate of drug-likeness (QED) is 0.400. The number of rotatable bonds is 5. The minimum absolute atomic E-state index is 0.704. The van der Waals surface area contributed by atoms with Crippen LogP contribution in [0.1, 0.15) is 12.8 Å². The van der Waals surface area contributed by atoms with Crippen molar-refractivity contribution in [2.24, 2.45) is 5.73 Å².